The van der Waals surface area contributed by atoms with Gasteiger partial charge in [0.1, 0.15) is 11.2 Å². The second kappa shape index (κ2) is 15.1. The van der Waals surface area contributed by atoms with E-state index >= 15 is 0 Å². The minimum absolute atomic E-state index is 0.211. The van der Waals surface area contributed by atoms with E-state index in [2.05, 4.69) is 6.07 Å². The number of hydrogen-bond acceptors (Lipinski definition) is 2. The molecule has 0 spiro atoms. The molecule has 2 nitrogen and oxygen atoms in total. The van der Waals surface area contributed by atoms with E-state index in [-0.39, 0.29) is 5.69 Å². The fourth-order valence-corrected chi connectivity index (χ4v) is 7.68. The van der Waals surface area contributed by atoms with Crippen LogP contribution < -0.4 is 4.90 Å². The fraction of sp³-hybridized carbons (Fsp3) is 0. The van der Waals surface area contributed by atoms with E-state index in [1.807, 2.05) is 140 Å². The predicted molar refractivity (Wildman–Crippen MR) is 253 cm³/mol. The molecule has 10 aromatic carbocycles. The Balaban J connectivity index is 1.18. The highest BCUT2D eigenvalue weighted by Crippen LogP contribution is 2.46. The predicted octanol–water partition coefficient (Wildman–Crippen LogP) is 16.5. The van der Waals surface area contributed by atoms with Crippen molar-refractivity contribution in [1.29, 1.82) is 0 Å². The molecule has 0 atom stereocenters. The highest BCUT2D eigenvalue weighted by molar-refractivity contribution is 6.17. The number of rotatable bonds is 8. The van der Waals surface area contributed by atoms with Crippen molar-refractivity contribution in [3.8, 4) is 55.6 Å². The van der Waals surface area contributed by atoms with Crippen LogP contribution in [-0.4, -0.2) is 0 Å². The lowest BCUT2D eigenvalue weighted by Crippen LogP contribution is -2.10. The monoisotopic (exact) mass is 780 g/mol. The van der Waals surface area contributed by atoms with Crippen molar-refractivity contribution >= 4 is 49.8 Å². The highest BCUT2D eigenvalue weighted by Gasteiger charge is 2.22. The molecular formula is C58H39NO. The van der Waals surface area contributed by atoms with Crippen molar-refractivity contribution in [2.24, 2.45) is 0 Å². The van der Waals surface area contributed by atoms with Gasteiger partial charge in [0.25, 0.3) is 0 Å². The average molecular weight is 781 g/mol. The minimum Gasteiger partial charge on any atom is -0.455 e. The van der Waals surface area contributed by atoms with Crippen LogP contribution >= 0.6 is 0 Å². The highest BCUT2D eigenvalue weighted by atomic mass is 16.3. The number of hydrogen-bond donors (Lipinski definition) is 0. The summed E-state index contributed by atoms with van der Waals surface area (Å²) in [5, 5.41) is 0.311. The first-order chi connectivity index (χ1) is 36.0. The summed E-state index contributed by atoms with van der Waals surface area (Å²) >= 11 is 0. The van der Waals surface area contributed by atoms with Crippen LogP contribution in [-0.2, 0) is 0 Å². The van der Waals surface area contributed by atoms with E-state index in [0.29, 0.717) is 33.3 Å². The number of benzene rings is 10. The second-order valence-corrected chi connectivity index (χ2v) is 14.1. The van der Waals surface area contributed by atoms with Gasteiger partial charge in [0.05, 0.1) is 31.6 Å². The molecule has 282 valence electrons. The summed E-state index contributed by atoms with van der Waals surface area (Å²) in [6.07, 6.45) is 0. The van der Waals surface area contributed by atoms with Gasteiger partial charge in [-0.25, -0.2) is 0 Å². The van der Waals surface area contributed by atoms with Crippen molar-refractivity contribution < 1.29 is 25.0 Å². The minimum atomic E-state index is -0.792. The Morgan fingerprint density at radius 2 is 1.05 bits per heavy atom. The molecule has 1 heterocycles. The van der Waals surface area contributed by atoms with Gasteiger partial charge < -0.3 is 9.32 Å². The Kier molecular flexibility index (Phi) is 5.75. The second-order valence-electron chi connectivity index (χ2n) is 14.1. The Hall–Kier alpha value is -7.94. The lowest BCUT2D eigenvalue weighted by Gasteiger charge is -2.27. The van der Waals surface area contributed by atoms with Crippen LogP contribution in [0.1, 0.15) is 20.6 Å². The molecule has 0 bridgehead atoms. The van der Waals surface area contributed by atoms with Crippen molar-refractivity contribution in [2.75, 3.05) is 4.90 Å². The third-order valence-electron chi connectivity index (χ3n) is 10.5. The maximum atomic E-state index is 9.88. The van der Waals surface area contributed by atoms with Crippen molar-refractivity contribution in [3.05, 3.63) is 236 Å². The molecule has 0 amide bonds. The van der Waals surface area contributed by atoms with Gasteiger partial charge in [0.15, 0.2) is 0 Å². The Bertz CT molecular complexity index is 4120. The molecular weight excluding hydrogens is 727 g/mol. The van der Waals surface area contributed by atoms with E-state index in [1.54, 1.807) is 4.90 Å². The summed E-state index contributed by atoms with van der Waals surface area (Å²) in [7, 11) is 0. The molecule has 0 fully saturated rings. The molecule has 0 aliphatic carbocycles. The average Bonchev–Trinajstić information content (AvgIpc) is 3.84. The summed E-state index contributed by atoms with van der Waals surface area (Å²) in [6, 6.07) is 35.2. The summed E-state index contributed by atoms with van der Waals surface area (Å²) in [4.78, 5) is 1.62. The van der Waals surface area contributed by atoms with E-state index in [4.69, 9.17) is 15.4 Å². The molecule has 0 aliphatic heterocycles. The first-order valence-corrected chi connectivity index (χ1v) is 19.3. The molecule has 0 unspecified atom stereocenters. The molecule has 11 aromatic rings. The number of para-hydroxylation sites is 1. The van der Waals surface area contributed by atoms with Gasteiger partial charge in [-0.15, -0.1) is 0 Å². The third kappa shape index (κ3) is 6.41. The molecule has 1 aromatic heterocycles. The molecule has 0 radical (unpaired) electrons. The normalized spacial score (nSPS) is 14.8. The standard InChI is InChI=1S/C58H39NO/c1-4-14-40(15-5-1)46-21-12-22-47(38-46)41-28-32-49(33-29-41)59(55-37-36-52(44-18-8-3-9-19-44)58-57(55)53-23-10-11-25-56(53)60-58)50-34-30-42(31-35-50)48-27-26-45-20-13-24-51(54(45)39-48)43-16-6-2-7-17-43/h1-39H/i2D,6D,7D,13D,16D,17D,20D,24D,26D,27D,30D,31D,34D,35D,39D. The molecule has 0 saturated carbocycles. The summed E-state index contributed by atoms with van der Waals surface area (Å²) < 4.78 is 143. The quantitative estimate of drug-likeness (QED) is 0.153. The van der Waals surface area contributed by atoms with Gasteiger partial charge in [0, 0.05) is 22.3 Å². The van der Waals surface area contributed by atoms with Crippen molar-refractivity contribution in [2.45, 2.75) is 0 Å². The van der Waals surface area contributed by atoms with Gasteiger partial charge in [-0.05, 0) is 115 Å². The number of fused-ring (bicyclic) bond motifs is 4. The van der Waals surface area contributed by atoms with Crippen LogP contribution in [0.2, 0.25) is 0 Å². The zero-order valence-corrected chi connectivity index (χ0v) is 31.7. The molecule has 0 saturated heterocycles. The van der Waals surface area contributed by atoms with E-state index < -0.39 is 124 Å². The van der Waals surface area contributed by atoms with E-state index in [9.17, 15) is 9.60 Å². The van der Waals surface area contributed by atoms with Crippen LogP contribution in [0.4, 0.5) is 17.1 Å². The van der Waals surface area contributed by atoms with E-state index in [1.165, 1.54) is 0 Å². The Labute approximate surface area is 371 Å². The molecule has 60 heavy (non-hydrogen) atoms. The molecule has 11 rings (SSSR count). The smallest absolute Gasteiger partial charge is 0.145 e. The topological polar surface area (TPSA) is 16.4 Å². The lowest BCUT2D eigenvalue weighted by atomic mass is 9.94. The van der Waals surface area contributed by atoms with Crippen LogP contribution in [0, 0.1) is 0 Å². The maximum absolute atomic E-state index is 9.88. The number of anilines is 3. The van der Waals surface area contributed by atoms with Gasteiger partial charge >= 0.3 is 0 Å². The summed E-state index contributed by atoms with van der Waals surface area (Å²) in [5.41, 5.74) is 4.87. The first-order valence-electron chi connectivity index (χ1n) is 26.8. The van der Waals surface area contributed by atoms with Crippen LogP contribution in [0.5, 0.6) is 0 Å². The lowest BCUT2D eigenvalue weighted by molar-refractivity contribution is 0.670. The van der Waals surface area contributed by atoms with Crippen LogP contribution in [0.15, 0.2) is 241 Å². The molecule has 0 aliphatic rings. The first kappa shape index (κ1) is 22.9. The third-order valence-corrected chi connectivity index (χ3v) is 10.5. The van der Waals surface area contributed by atoms with Gasteiger partial charge in [0.2, 0.25) is 0 Å². The molecule has 2 heteroatoms. The van der Waals surface area contributed by atoms with Gasteiger partial charge in [-0.1, -0.05) is 182 Å². The Morgan fingerprint density at radius 1 is 0.383 bits per heavy atom. The largest absolute Gasteiger partial charge is 0.455 e. The van der Waals surface area contributed by atoms with Crippen LogP contribution in [0.25, 0.3) is 88.3 Å². The number of nitrogens with zero attached hydrogens (tertiary/aromatic N) is 1. The summed E-state index contributed by atoms with van der Waals surface area (Å²) in [6.45, 7) is 0. The summed E-state index contributed by atoms with van der Waals surface area (Å²) in [5.74, 6) is 0. The number of furan rings is 1. The van der Waals surface area contributed by atoms with Gasteiger partial charge in [-0.3, -0.25) is 0 Å². The molecule has 0 N–H and O–H groups in total. The maximum Gasteiger partial charge on any atom is 0.145 e. The Morgan fingerprint density at radius 3 is 1.82 bits per heavy atom. The van der Waals surface area contributed by atoms with Crippen LogP contribution in [0.3, 0.4) is 0 Å². The zero-order valence-electron chi connectivity index (χ0n) is 46.7. The SMILES string of the molecule is [2H]c1c([2H])c([2H])c(-c2c([2H])c([2H])c([2H])c3c([2H])c([2H])c(-c4c([2H])c([2H])c(N(c5ccc(-c6cccc(-c7ccccc7)c6)cc5)c5ccc(-c6ccccc6)c6oc7ccccc7c56)c([2H])c4[2H])c([2H])c23)c([2H])c1[2H]. The fourth-order valence-electron chi connectivity index (χ4n) is 7.68. The zero-order chi connectivity index (χ0) is 52.9. The van der Waals surface area contributed by atoms with Crippen molar-refractivity contribution in [1.82, 2.24) is 0 Å². The van der Waals surface area contributed by atoms with E-state index in [0.717, 1.165) is 33.4 Å². The van der Waals surface area contributed by atoms with Crippen molar-refractivity contribution in [3.63, 3.8) is 0 Å². The van der Waals surface area contributed by atoms with Gasteiger partial charge in [-0.2, -0.15) is 0 Å².